The number of benzene rings is 3. The molecule has 1 aromatic heterocycles. The van der Waals surface area contributed by atoms with Crippen LogP contribution in [0.1, 0.15) is 35.6 Å². The number of para-hydroxylation sites is 2. The molecule has 4 rings (SSSR count). The van der Waals surface area contributed by atoms with Gasteiger partial charge in [-0.1, -0.05) is 49.7 Å². The Hall–Kier alpha value is -4.10. The Labute approximate surface area is 220 Å². The van der Waals surface area contributed by atoms with Gasteiger partial charge in [0, 0.05) is 23.6 Å². The molecule has 0 saturated carbocycles. The number of carbonyl (C=O) groups is 2. The highest BCUT2D eigenvalue weighted by Crippen LogP contribution is 2.15. The van der Waals surface area contributed by atoms with Crippen molar-refractivity contribution >= 4 is 40.5 Å². The third-order valence-corrected chi connectivity index (χ3v) is 5.71. The summed E-state index contributed by atoms with van der Waals surface area (Å²) in [5.41, 5.74) is 3.08. The van der Waals surface area contributed by atoms with Crippen LogP contribution in [0.25, 0.3) is 17.1 Å². The van der Waals surface area contributed by atoms with Crippen LogP contribution in [0.4, 0.5) is 0 Å². The minimum Gasteiger partial charge on any atom is -0.493 e. The molecular weight excluding hydrogens is 488 g/mol. The number of rotatable bonds is 10. The Morgan fingerprint density at radius 2 is 1.76 bits per heavy atom. The van der Waals surface area contributed by atoms with Crippen molar-refractivity contribution in [2.75, 3.05) is 13.2 Å². The number of aromatic nitrogens is 2. The number of nitrogens with zero attached hydrogens (tertiary/aromatic N) is 1. The van der Waals surface area contributed by atoms with Gasteiger partial charge in [-0.15, -0.1) is 0 Å². The van der Waals surface area contributed by atoms with Gasteiger partial charge in [-0.05, 0) is 66.1 Å². The summed E-state index contributed by atoms with van der Waals surface area (Å²) in [6.07, 6.45) is 2.13. The van der Waals surface area contributed by atoms with Crippen molar-refractivity contribution in [2.24, 2.45) is 5.92 Å². The molecule has 190 valence electrons. The number of fused-ring (bicyclic) bond motifs is 1. The molecule has 0 fully saturated rings. The van der Waals surface area contributed by atoms with Crippen LogP contribution in [-0.2, 0) is 11.2 Å². The van der Waals surface area contributed by atoms with Crippen LogP contribution in [0, 0.1) is 5.92 Å². The van der Waals surface area contributed by atoms with E-state index in [1.807, 2.05) is 24.3 Å². The number of imidazole rings is 1. The Balaban J connectivity index is 1.44. The summed E-state index contributed by atoms with van der Waals surface area (Å²) in [7, 11) is 0. The lowest BCUT2D eigenvalue weighted by Crippen LogP contribution is -2.35. The maximum Gasteiger partial charge on any atom is 0.267 e. The van der Waals surface area contributed by atoms with E-state index in [1.165, 1.54) is 0 Å². The van der Waals surface area contributed by atoms with E-state index in [2.05, 4.69) is 34.4 Å². The van der Waals surface area contributed by atoms with Gasteiger partial charge in [0.25, 0.3) is 11.8 Å². The SMILES string of the molecule is CC(C)COc1ccc(C(=O)NC(=Cc2ccc(Cl)cc2)C(=O)NCCc2nc3ccccc3[nH]2)cc1. The van der Waals surface area contributed by atoms with Gasteiger partial charge in [0.1, 0.15) is 17.3 Å². The van der Waals surface area contributed by atoms with Crippen LogP contribution in [0.5, 0.6) is 5.75 Å². The summed E-state index contributed by atoms with van der Waals surface area (Å²) >= 11 is 5.99. The zero-order valence-electron chi connectivity index (χ0n) is 20.8. The molecular formula is C29H29ClN4O3. The molecule has 0 atom stereocenters. The van der Waals surface area contributed by atoms with Crippen LogP contribution < -0.4 is 15.4 Å². The monoisotopic (exact) mass is 516 g/mol. The summed E-state index contributed by atoms with van der Waals surface area (Å²) < 4.78 is 5.68. The van der Waals surface area contributed by atoms with E-state index in [1.54, 1.807) is 54.6 Å². The quantitative estimate of drug-likeness (QED) is 0.246. The number of H-pyrrole nitrogens is 1. The minimum atomic E-state index is -0.406. The van der Waals surface area contributed by atoms with Gasteiger partial charge < -0.3 is 20.4 Å². The number of nitrogens with one attached hydrogen (secondary N) is 3. The second-order valence-corrected chi connectivity index (χ2v) is 9.44. The van der Waals surface area contributed by atoms with Crippen molar-refractivity contribution in [1.82, 2.24) is 20.6 Å². The number of halogens is 1. The fourth-order valence-electron chi connectivity index (χ4n) is 3.56. The van der Waals surface area contributed by atoms with Crippen LogP contribution in [0.15, 0.2) is 78.5 Å². The van der Waals surface area contributed by atoms with E-state index in [4.69, 9.17) is 16.3 Å². The topological polar surface area (TPSA) is 96.1 Å². The standard InChI is InChI=1S/C29H29ClN4O3/c1-19(2)18-37-23-13-9-21(10-14-23)28(35)34-26(17-20-7-11-22(30)12-8-20)29(36)31-16-15-27-32-24-5-3-4-6-25(24)33-27/h3-14,17,19H,15-16,18H2,1-2H3,(H,31,36)(H,32,33)(H,34,35). The second-order valence-electron chi connectivity index (χ2n) is 9.00. The van der Waals surface area contributed by atoms with E-state index in [-0.39, 0.29) is 5.70 Å². The normalized spacial score (nSPS) is 11.5. The Bertz CT molecular complexity index is 1360. The van der Waals surface area contributed by atoms with Gasteiger partial charge in [-0.3, -0.25) is 9.59 Å². The first kappa shape index (κ1) is 26.0. The molecule has 1 heterocycles. The highest BCUT2D eigenvalue weighted by Gasteiger charge is 2.15. The van der Waals surface area contributed by atoms with Gasteiger partial charge in [-0.25, -0.2) is 4.98 Å². The first-order valence-corrected chi connectivity index (χ1v) is 12.5. The zero-order chi connectivity index (χ0) is 26.2. The molecule has 0 saturated heterocycles. The molecule has 37 heavy (non-hydrogen) atoms. The fourth-order valence-corrected chi connectivity index (χ4v) is 3.68. The number of aromatic amines is 1. The van der Waals surface area contributed by atoms with Crippen molar-refractivity contribution in [3.63, 3.8) is 0 Å². The van der Waals surface area contributed by atoms with Gasteiger partial charge in [0.05, 0.1) is 17.6 Å². The lowest BCUT2D eigenvalue weighted by Gasteiger charge is -2.12. The Kier molecular flexibility index (Phi) is 8.59. The van der Waals surface area contributed by atoms with E-state index in [0.717, 1.165) is 22.4 Å². The van der Waals surface area contributed by atoms with Gasteiger partial charge >= 0.3 is 0 Å². The van der Waals surface area contributed by atoms with Crippen LogP contribution >= 0.6 is 11.6 Å². The molecule has 0 unspecified atom stereocenters. The third kappa shape index (κ3) is 7.44. The van der Waals surface area contributed by atoms with Crippen LogP contribution in [-0.4, -0.2) is 34.9 Å². The predicted molar refractivity (Wildman–Crippen MR) is 146 cm³/mol. The molecule has 3 aromatic carbocycles. The van der Waals surface area contributed by atoms with Crippen molar-refractivity contribution < 1.29 is 14.3 Å². The molecule has 3 N–H and O–H groups in total. The third-order valence-electron chi connectivity index (χ3n) is 5.46. The predicted octanol–water partition coefficient (Wildman–Crippen LogP) is 5.38. The molecule has 7 nitrogen and oxygen atoms in total. The lowest BCUT2D eigenvalue weighted by molar-refractivity contribution is -0.117. The van der Waals surface area contributed by atoms with E-state index in [9.17, 15) is 9.59 Å². The van der Waals surface area contributed by atoms with Crippen molar-refractivity contribution in [3.05, 3.63) is 100 Å². The van der Waals surface area contributed by atoms with E-state index >= 15 is 0 Å². The molecule has 0 aliphatic carbocycles. The van der Waals surface area contributed by atoms with Gasteiger partial charge in [0.15, 0.2) is 0 Å². The molecule has 0 spiro atoms. The molecule has 4 aromatic rings. The minimum absolute atomic E-state index is 0.122. The number of carbonyl (C=O) groups excluding carboxylic acids is 2. The van der Waals surface area contributed by atoms with Gasteiger partial charge in [0.2, 0.25) is 0 Å². The van der Waals surface area contributed by atoms with Crippen LogP contribution in [0.3, 0.4) is 0 Å². The average molecular weight is 517 g/mol. The average Bonchev–Trinajstić information content (AvgIpc) is 3.31. The maximum atomic E-state index is 13.1. The van der Waals surface area contributed by atoms with Crippen molar-refractivity contribution in [1.29, 1.82) is 0 Å². The number of hydrogen-bond donors (Lipinski definition) is 3. The molecule has 0 aliphatic heterocycles. The molecule has 2 amide bonds. The highest BCUT2D eigenvalue weighted by molar-refractivity contribution is 6.30. The molecule has 0 aliphatic rings. The molecule has 8 heteroatoms. The first-order chi connectivity index (χ1) is 17.9. The second kappa shape index (κ2) is 12.2. The summed E-state index contributed by atoms with van der Waals surface area (Å²) in [4.78, 5) is 33.8. The maximum absolute atomic E-state index is 13.1. The van der Waals surface area contributed by atoms with Crippen molar-refractivity contribution in [3.8, 4) is 5.75 Å². The zero-order valence-corrected chi connectivity index (χ0v) is 21.5. The van der Waals surface area contributed by atoms with E-state index in [0.29, 0.717) is 41.8 Å². The summed E-state index contributed by atoms with van der Waals surface area (Å²) in [5, 5.41) is 6.20. The highest BCUT2D eigenvalue weighted by atomic mass is 35.5. The molecule has 0 bridgehead atoms. The van der Waals surface area contributed by atoms with Crippen LogP contribution in [0.2, 0.25) is 5.02 Å². The summed E-state index contributed by atoms with van der Waals surface area (Å²) in [5.74, 6) is 1.05. The summed E-state index contributed by atoms with van der Waals surface area (Å²) in [6.45, 7) is 5.07. The number of hydrogen-bond acceptors (Lipinski definition) is 4. The summed E-state index contributed by atoms with van der Waals surface area (Å²) in [6, 6.07) is 21.6. The Morgan fingerprint density at radius 1 is 1.03 bits per heavy atom. The smallest absolute Gasteiger partial charge is 0.267 e. The van der Waals surface area contributed by atoms with Crippen molar-refractivity contribution in [2.45, 2.75) is 20.3 Å². The fraction of sp³-hybridized carbons (Fsp3) is 0.207. The molecule has 0 radical (unpaired) electrons. The number of amides is 2. The van der Waals surface area contributed by atoms with Gasteiger partial charge in [-0.2, -0.15) is 0 Å². The lowest BCUT2D eigenvalue weighted by atomic mass is 10.1. The largest absolute Gasteiger partial charge is 0.493 e. The number of ether oxygens (including phenoxy) is 1. The Morgan fingerprint density at radius 3 is 2.46 bits per heavy atom. The van der Waals surface area contributed by atoms with E-state index < -0.39 is 11.8 Å². The first-order valence-electron chi connectivity index (χ1n) is 12.1.